The third kappa shape index (κ3) is 2.88. The molecule has 0 aromatic heterocycles. The normalized spacial score (nSPS) is 18.1. The van der Waals surface area contributed by atoms with E-state index in [1.807, 2.05) is 0 Å². The predicted molar refractivity (Wildman–Crippen MR) is 73.4 cm³/mol. The molecule has 0 heterocycles. The first-order chi connectivity index (χ1) is 8.72. The third-order valence-corrected chi connectivity index (χ3v) is 4.04. The topological polar surface area (TPSA) is 29.4 Å². The second-order valence-electron chi connectivity index (χ2n) is 5.42. The van der Waals surface area contributed by atoms with E-state index in [1.54, 1.807) is 6.08 Å². The minimum Gasteiger partial charge on any atom is -0.211 e. The van der Waals surface area contributed by atoms with E-state index in [0.717, 1.165) is 0 Å². The summed E-state index contributed by atoms with van der Waals surface area (Å²) in [6.07, 6.45) is 8.00. The van der Waals surface area contributed by atoms with Gasteiger partial charge in [-0.1, -0.05) is 43.0 Å². The van der Waals surface area contributed by atoms with Gasteiger partial charge in [-0.25, -0.2) is 4.79 Å². The van der Waals surface area contributed by atoms with E-state index in [1.165, 1.54) is 48.8 Å². The number of hydrogen-bond acceptors (Lipinski definition) is 2. The molecule has 1 atom stereocenters. The summed E-state index contributed by atoms with van der Waals surface area (Å²) in [5.41, 5.74) is 3.68. The molecule has 0 N–H and O–H groups in total. The molecule has 1 aromatic rings. The first kappa shape index (κ1) is 13.0. The fourth-order valence-corrected chi connectivity index (χ4v) is 3.01. The van der Waals surface area contributed by atoms with Gasteiger partial charge in [0.05, 0.1) is 6.04 Å². The van der Waals surface area contributed by atoms with Gasteiger partial charge in [-0.3, -0.25) is 0 Å². The van der Waals surface area contributed by atoms with Gasteiger partial charge in [-0.15, -0.1) is 0 Å². The summed E-state index contributed by atoms with van der Waals surface area (Å²) >= 11 is 0. The Morgan fingerprint density at radius 3 is 2.61 bits per heavy atom. The molecule has 0 spiro atoms. The van der Waals surface area contributed by atoms with Crippen molar-refractivity contribution in [3.8, 4) is 0 Å². The lowest BCUT2D eigenvalue weighted by molar-refractivity contribution is 0.308. The Hall–Kier alpha value is -1.40. The summed E-state index contributed by atoms with van der Waals surface area (Å²) in [5, 5.41) is 0. The molecule has 0 bridgehead atoms. The summed E-state index contributed by atoms with van der Waals surface area (Å²) in [6, 6.07) is 6.43. The SMILES string of the molecule is Cc1ccc(C)c(C(N=C=O)C2CCCCC2)c1. The van der Waals surface area contributed by atoms with E-state index in [-0.39, 0.29) is 6.04 Å². The summed E-state index contributed by atoms with van der Waals surface area (Å²) in [5.74, 6) is 0.515. The van der Waals surface area contributed by atoms with E-state index in [9.17, 15) is 4.79 Å². The molecule has 0 aliphatic heterocycles. The van der Waals surface area contributed by atoms with Gasteiger partial charge in [0.1, 0.15) is 0 Å². The monoisotopic (exact) mass is 243 g/mol. The summed E-state index contributed by atoms with van der Waals surface area (Å²) in [6.45, 7) is 4.19. The van der Waals surface area contributed by atoms with Gasteiger partial charge in [-0.05, 0) is 43.7 Å². The Labute approximate surface area is 109 Å². The van der Waals surface area contributed by atoms with Crippen LogP contribution < -0.4 is 0 Å². The molecular weight excluding hydrogens is 222 g/mol. The zero-order chi connectivity index (χ0) is 13.0. The van der Waals surface area contributed by atoms with Crippen molar-refractivity contribution in [3.05, 3.63) is 34.9 Å². The van der Waals surface area contributed by atoms with Crippen LogP contribution in [0.25, 0.3) is 0 Å². The van der Waals surface area contributed by atoms with Crippen LogP contribution in [0.1, 0.15) is 54.8 Å². The van der Waals surface area contributed by atoms with Gasteiger partial charge >= 0.3 is 0 Å². The Balaban J connectivity index is 2.33. The average molecular weight is 243 g/mol. The van der Waals surface area contributed by atoms with Crippen LogP contribution in [0.4, 0.5) is 0 Å². The molecule has 1 saturated carbocycles. The number of benzene rings is 1. The van der Waals surface area contributed by atoms with Gasteiger partial charge in [-0.2, -0.15) is 4.99 Å². The van der Waals surface area contributed by atoms with Crippen LogP contribution in [0.5, 0.6) is 0 Å². The van der Waals surface area contributed by atoms with Crippen LogP contribution in [-0.4, -0.2) is 6.08 Å². The smallest absolute Gasteiger partial charge is 0.211 e. The van der Waals surface area contributed by atoms with Crippen LogP contribution in [0, 0.1) is 19.8 Å². The molecular formula is C16H21NO. The van der Waals surface area contributed by atoms with Crippen LogP contribution in [-0.2, 0) is 4.79 Å². The van der Waals surface area contributed by atoms with Crippen molar-refractivity contribution < 1.29 is 4.79 Å². The van der Waals surface area contributed by atoms with E-state index >= 15 is 0 Å². The molecule has 1 aromatic carbocycles. The van der Waals surface area contributed by atoms with Gasteiger partial charge in [0.2, 0.25) is 6.08 Å². The van der Waals surface area contributed by atoms with Gasteiger partial charge in [0.25, 0.3) is 0 Å². The Bertz CT molecular complexity index is 454. The lowest BCUT2D eigenvalue weighted by Gasteiger charge is -2.28. The molecule has 1 fully saturated rings. The second-order valence-corrected chi connectivity index (χ2v) is 5.42. The molecule has 2 heteroatoms. The van der Waals surface area contributed by atoms with Crippen molar-refractivity contribution in [1.29, 1.82) is 0 Å². The molecule has 18 heavy (non-hydrogen) atoms. The number of hydrogen-bond donors (Lipinski definition) is 0. The van der Waals surface area contributed by atoms with Crippen molar-refractivity contribution in [2.45, 2.75) is 52.0 Å². The van der Waals surface area contributed by atoms with Crippen molar-refractivity contribution in [2.75, 3.05) is 0 Å². The number of isocyanates is 1. The standard InChI is InChI=1S/C16H21NO/c1-12-8-9-13(2)15(10-12)16(17-11-18)14-6-4-3-5-7-14/h8-10,14,16H,3-7H2,1-2H3. The number of rotatable bonds is 3. The molecule has 2 rings (SSSR count). The average Bonchev–Trinajstić information content (AvgIpc) is 2.40. The van der Waals surface area contributed by atoms with Crippen LogP contribution in [0.15, 0.2) is 23.2 Å². The third-order valence-electron chi connectivity index (χ3n) is 4.04. The first-order valence-electron chi connectivity index (χ1n) is 6.86. The highest BCUT2D eigenvalue weighted by atomic mass is 16.1. The molecule has 1 aliphatic rings. The molecule has 0 amide bonds. The van der Waals surface area contributed by atoms with Crippen molar-refractivity contribution in [2.24, 2.45) is 10.9 Å². The molecule has 1 unspecified atom stereocenters. The summed E-state index contributed by atoms with van der Waals surface area (Å²) in [7, 11) is 0. The lowest BCUT2D eigenvalue weighted by Crippen LogP contribution is -2.16. The minimum absolute atomic E-state index is 0.0164. The quantitative estimate of drug-likeness (QED) is 0.576. The first-order valence-corrected chi connectivity index (χ1v) is 6.86. The van der Waals surface area contributed by atoms with E-state index in [2.05, 4.69) is 37.0 Å². The zero-order valence-electron chi connectivity index (χ0n) is 11.3. The highest BCUT2D eigenvalue weighted by molar-refractivity contribution is 5.39. The zero-order valence-corrected chi connectivity index (χ0v) is 11.3. The molecule has 0 radical (unpaired) electrons. The second kappa shape index (κ2) is 5.97. The molecule has 1 aliphatic carbocycles. The lowest BCUT2D eigenvalue weighted by atomic mass is 9.80. The molecule has 0 saturated heterocycles. The summed E-state index contributed by atoms with van der Waals surface area (Å²) < 4.78 is 0. The minimum atomic E-state index is 0.0164. The van der Waals surface area contributed by atoms with Crippen LogP contribution >= 0.6 is 0 Å². The highest BCUT2D eigenvalue weighted by Gasteiger charge is 2.25. The van der Waals surface area contributed by atoms with Gasteiger partial charge in [0, 0.05) is 0 Å². The van der Waals surface area contributed by atoms with Gasteiger partial charge < -0.3 is 0 Å². The van der Waals surface area contributed by atoms with Crippen molar-refractivity contribution in [1.82, 2.24) is 0 Å². The predicted octanol–water partition coefficient (Wildman–Crippen LogP) is 4.26. The van der Waals surface area contributed by atoms with E-state index in [4.69, 9.17) is 0 Å². The number of nitrogens with zero attached hydrogens (tertiary/aromatic N) is 1. The number of aliphatic imine (C=N–C) groups is 1. The maximum absolute atomic E-state index is 10.7. The molecule has 2 nitrogen and oxygen atoms in total. The maximum Gasteiger partial charge on any atom is 0.235 e. The van der Waals surface area contributed by atoms with E-state index in [0.29, 0.717) is 5.92 Å². The Kier molecular flexibility index (Phi) is 4.33. The van der Waals surface area contributed by atoms with E-state index < -0.39 is 0 Å². The van der Waals surface area contributed by atoms with Crippen molar-refractivity contribution in [3.63, 3.8) is 0 Å². The van der Waals surface area contributed by atoms with Crippen LogP contribution in [0.3, 0.4) is 0 Å². The number of carbonyl (C=O) groups excluding carboxylic acids is 1. The number of aryl methyl sites for hydroxylation is 2. The van der Waals surface area contributed by atoms with Crippen LogP contribution in [0.2, 0.25) is 0 Å². The fourth-order valence-electron chi connectivity index (χ4n) is 3.01. The highest BCUT2D eigenvalue weighted by Crippen LogP contribution is 2.38. The fraction of sp³-hybridized carbons (Fsp3) is 0.562. The van der Waals surface area contributed by atoms with Gasteiger partial charge in [0.15, 0.2) is 0 Å². The Morgan fingerprint density at radius 2 is 1.94 bits per heavy atom. The largest absolute Gasteiger partial charge is 0.235 e. The maximum atomic E-state index is 10.7. The van der Waals surface area contributed by atoms with Crippen molar-refractivity contribution >= 4 is 6.08 Å². The molecule has 96 valence electrons. The Morgan fingerprint density at radius 1 is 1.22 bits per heavy atom. The summed E-state index contributed by atoms with van der Waals surface area (Å²) in [4.78, 5) is 14.9.